The highest BCUT2D eigenvalue weighted by Crippen LogP contribution is 2.25. The monoisotopic (exact) mass is 254 g/mol. The molecule has 1 amide bonds. The Labute approximate surface area is 110 Å². The Morgan fingerprint density at radius 3 is 2.78 bits per heavy atom. The van der Waals surface area contributed by atoms with Crippen molar-refractivity contribution in [2.24, 2.45) is 11.7 Å². The Morgan fingerprint density at radius 2 is 2.06 bits per heavy atom. The van der Waals surface area contributed by atoms with Crippen LogP contribution in [0.25, 0.3) is 0 Å². The number of hydrogen-bond acceptors (Lipinski definition) is 3. The minimum atomic E-state index is 0.162. The molecule has 0 aromatic heterocycles. The molecule has 1 aliphatic carbocycles. The van der Waals surface area contributed by atoms with E-state index < -0.39 is 0 Å². The van der Waals surface area contributed by atoms with Crippen LogP contribution >= 0.6 is 0 Å². The first-order chi connectivity index (χ1) is 8.75. The third-order valence-electron chi connectivity index (χ3n) is 4.23. The molecule has 1 aliphatic heterocycles. The van der Waals surface area contributed by atoms with E-state index in [-0.39, 0.29) is 11.9 Å². The van der Waals surface area contributed by atoms with Crippen molar-refractivity contribution >= 4 is 5.91 Å². The van der Waals surface area contributed by atoms with Gasteiger partial charge < -0.3 is 15.8 Å². The summed E-state index contributed by atoms with van der Waals surface area (Å²) >= 11 is 0. The second-order valence-corrected chi connectivity index (χ2v) is 5.69. The molecular weight excluding hydrogens is 228 g/mol. The van der Waals surface area contributed by atoms with Crippen LogP contribution in [0.5, 0.6) is 0 Å². The summed E-state index contributed by atoms with van der Waals surface area (Å²) < 4.78 is 5.53. The van der Waals surface area contributed by atoms with Crippen LogP contribution in [-0.2, 0) is 9.53 Å². The summed E-state index contributed by atoms with van der Waals surface area (Å²) in [6.07, 6.45) is 8.85. The quantitative estimate of drug-likeness (QED) is 0.783. The molecule has 3 unspecified atom stereocenters. The first kappa shape index (κ1) is 13.8. The van der Waals surface area contributed by atoms with Crippen LogP contribution in [0.3, 0.4) is 0 Å². The maximum absolute atomic E-state index is 11.8. The summed E-state index contributed by atoms with van der Waals surface area (Å²) in [6.45, 7) is 1.63. The van der Waals surface area contributed by atoms with E-state index >= 15 is 0 Å². The number of carbonyl (C=O) groups excluding carboxylic acids is 1. The first-order valence-corrected chi connectivity index (χ1v) is 7.39. The Morgan fingerprint density at radius 1 is 1.22 bits per heavy atom. The fourth-order valence-corrected chi connectivity index (χ4v) is 3.04. The maximum atomic E-state index is 11.8. The van der Waals surface area contributed by atoms with Gasteiger partial charge in [0.25, 0.3) is 0 Å². The summed E-state index contributed by atoms with van der Waals surface area (Å²) in [6, 6.07) is 0.225. The fourth-order valence-electron chi connectivity index (χ4n) is 3.04. The number of rotatable bonds is 5. The first-order valence-electron chi connectivity index (χ1n) is 7.39. The van der Waals surface area contributed by atoms with Crippen LogP contribution in [0, 0.1) is 5.92 Å². The molecule has 2 fully saturated rings. The predicted octanol–water partition coefficient (Wildman–Crippen LogP) is 1.58. The summed E-state index contributed by atoms with van der Waals surface area (Å²) in [5.41, 5.74) is 6.06. The van der Waals surface area contributed by atoms with E-state index in [1.54, 1.807) is 0 Å². The SMILES string of the molecule is NC1CCCCC1CC(=O)NCCC1CCCO1. The summed E-state index contributed by atoms with van der Waals surface area (Å²) in [7, 11) is 0. The molecule has 2 rings (SSSR count). The van der Waals surface area contributed by atoms with Crippen molar-refractivity contribution in [2.45, 2.75) is 63.5 Å². The van der Waals surface area contributed by atoms with E-state index in [0.29, 0.717) is 18.4 Å². The van der Waals surface area contributed by atoms with Gasteiger partial charge in [-0.15, -0.1) is 0 Å². The number of carbonyl (C=O) groups is 1. The molecule has 0 aromatic rings. The molecule has 4 heteroatoms. The highest BCUT2D eigenvalue weighted by atomic mass is 16.5. The van der Waals surface area contributed by atoms with Crippen molar-refractivity contribution in [1.29, 1.82) is 0 Å². The van der Waals surface area contributed by atoms with Gasteiger partial charge in [-0.25, -0.2) is 0 Å². The van der Waals surface area contributed by atoms with Crippen molar-refractivity contribution in [3.8, 4) is 0 Å². The van der Waals surface area contributed by atoms with Crippen LogP contribution in [0.15, 0.2) is 0 Å². The van der Waals surface area contributed by atoms with E-state index in [4.69, 9.17) is 10.5 Å². The van der Waals surface area contributed by atoms with E-state index in [1.165, 1.54) is 12.8 Å². The van der Waals surface area contributed by atoms with Crippen LogP contribution < -0.4 is 11.1 Å². The van der Waals surface area contributed by atoms with Gasteiger partial charge in [0.2, 0.25) is 5.91 Å². The summed E-state index contributed by atoms with van der Waals surface area (Å²) in [5, 5.41) is 3.00. The molecule has 104 valence electrons. The predicted molar refractivity (Wildman–Crippen MR) is 71.2 cm³/mol. The van der Waals surface area contributed by atoms with Crippen molar-refractivity contribution in [3.05, 3.63) is 0 Å². The highest BCUT2D eigenvalue weighted by Gasteiger charge is 2.24. The van der Waals surface area contributed by atoms with Gasteiger partial charge in [-0.2, -0.15) is 0 Å². The Kier molecular flexibility index (Phi) is 5.45. The highest BCUT2D eigenvalue weighted by molar-refractivity contribution is 5.76. The normalized spacial score (nSPS) is 32.4. The van der Waals surface area contributed by atoms with Gasteiger partial charge >= 0.3 is 0 Å². The van der Waals surface area contributed by atoms with Crippen molar-refractivity contribution in [1.82, 2.24) is 5.32 Å². The molecule has 3 N–H and O–H groups in total. The average Bonchev–Trinajstić information content (AvgIpc) is 2.85. The lowest BCUT2D eigenvalue weighted by Crippen LogP contribution is -2.37. The van der Waals surface area contributed by atoms with Gasteiger partial charge in [-0.05, 0) is 38.0 Å². The molecule has 3 atom stereocenters. The van der Waals surface area contributed by atoms with E-state index in [9.17, 15) is 4.79 Å². The minimum absolute atomic E-state index is 0.162. The molecule has 0 bridgehead atoms. The molecular formula is C14H26N2O2. The van der Waals surface area contributed by atoms with Crippen LogP contribution in [0.1, 0.15) is 51.4 Å². The van der Waals surface area contributed by atoms with Crippen molar-refractivity contribution < 1.29 is 9.53 Å². The lowest BCUT2D eigenvalue weighted by Gasteiger charge is -2.28. The Bertz CT molecular complexity index is 265. The Balaban J connectivity index is 1.59. The smallest absolute Gasteiger partial charge is 0.220 e. The number of hydrogen-bond donors (Lipinski definition) is 2. The zero-order valence-electron chi connectivity index (χ0n) is 11.2. The van der Waals surface area contributed by atoms with E-state index in [1.807, 2.05) is 0 Å². The number of amides is 1. The fraction of sp³-hybridized carbons (Fsp3) is 0.929. The third kappa shape index (κ3) is 4.25. The lowest BCUT2D eigenvalue weighted by molar-refractivity contribution is -0.122. The topological polar surface area (TPSA) is 64.4 Å². The summed E-state index contributed by atoms with van der Waals surface area (Å²) in [5.74, 6) is 0.553. The van der Waals surface area contributed by atoms with Gasteiger partial charge in [0.05, 0.1) is 6.10 Å². The van der Waals surface area contributed by atoms with Gasteiger partial charge in [-0.3, -0.25) is 4.79 Å². The van der Waals surface area contributed by atoms with Crippen LogP contribution in [0.4, 0.5) is 0 Å². The lowest BCUT2D eigenvalue weighted by atomic mass is 9.83. The maximum Gasteiger partial charge on any atom is 0.220 e. The molecule has 4 nitrogen and oxygen atoms in total. The van der Waals surface area contributed by atoms with Gasteiger partial charge in [0, 0.05) is 25.6 Å². The average molecular weight is 254 g/mol. The second kappa shape index (κ2) is 7.10. The molecule has 0 radical (unpaired) electrons. The molecule has 2 aliphatic rings. The summed E-state index contributed by atoms with van der Waals surface area (Å²) in [4.78, 5) is 11.8. The van der Waals surface area contributed by atoms with E-state index in [2.05, 4.69) is 5.32 Å². The number of ether oxygens (including phenoxy) is 1. The van der Waals surface area contributed by atoms with Crippen LogP contribution in [-0.4, -0.2) is 31.2 Å². The molecule has 1 heterocycles. The molecule has 0 aromatic carbocycles. The van der Waals surface area contributed by atoms with E-state index in [0.717, 1.165) is 45.3 Å². The third-order valence-corrected chi connectivity index (χ3v) is 4.23. The van der Waals surface area contributed by atoms with Gasteiger partial charge in [0.15, 0.2) is 0 Å². The second-order valence-electron chi connectivity index (χ2n) is 5.69. The molecule has 1 saturated heterocycles. The molecule has 18 heavy (non-hydrogen) atoms. The largest absolute Gasteiger partial charge is 0.378 e. The Hall–Kier alpha value is -0.610. The minimum Gasteiger partial charge on any atom is -0.378 e. The number of nitrogens with two attached hydrogens (primary N) is 1. The van der Waals surface area contributed by atoms with Gasteiger partial charge in [0.1, 0.15) is 0 Å². The number of nitrogens with one attached hydrogen (secondary N) is 1. The van der Waals surface area contributed by atoms with Gasteiger partial charge in [-0.1, -0.05) is 12.8 Å². The molecule has 0 spiro atoms. The molecule has 1 saturated carbocycles. The van der Waals surface area contributed by atoms with Crippen molar-refractivity contribution in [2.75, 3.05) is 13.2 Å². The zero-order chi connectivity index (χ0) is 12.8. The zero-order valence-corrected chi connectivity index (χ0v) is 11.2. The van der Waals surface area contributed by atoms with Crippen LogP contribution in [0.2, 0.25) is 0 Å². The van der Waals surface area contributed by atoms with Crippen molar-refractivity contribution in [3.63, 3.8) is 0 Å². The standard InChI is InChI=1S/C14H26N2O2/c15-13-6-2-1-4-11(13)10-14(17)16-8-7-12-5-3-9-18-12/h11-13H,1-10,15H2,(H,16,17).